The number of nitrogens with one attached hydrogen (secondary N) is 2. The molecule has 0 radical (unpaired) electrons. The molecule has 0 saturated heterocycles. The second kappa shape index (κ2) is 6.22. The van der Waals surface area contributed by atoms with Gasteiger partial charge in [-0.1, -0.05) is 12.1 Å². The van der Waals surface area contributed by atoms with Crippen molar-refractivity contribution in [3.05, 3.63) is 29.8 Å². The summed E-state index contributed by atoms with van der Waals surface area (Å²) in [5.74, 6) is 0. The lowest BCUT2D eigenvalue weighted by atomic mass is 10.1. The molecular weight excluding hydrogens is 258 g/mol. The average Bonchev–Trinajstić information content (AvgIpc) is 2.31. The Morgan fingerprint density at radius 2 is 1.94 bits per heavy atom. The van der Waals surface area contributed by atoms with Crippen LogP contribution < -0.4 is 15.2 Å². The van der Waals surface area contributed by atoms with Gasteiger partial charge in [0.25, 0.3) is 0 Å². The number of hydrogen-bond donors (Lipinski definition) is 3. The third kappa shape index (κ3) is 5.02. The first kappa shape index (κ1) is 14.3. The van der Waals surface area contributed by atoms with Gasteiger partial charge in [-0.25, -0.2) is 9.52 Å². The highest BCUT2D eigenvalue weighted by Crippen LogP contribution is 2.05. The summed E-state index contributed by atoms with van der Waals surface area (Å²) in [7, 11) is -2.79. The molecule has 0 saturated carbocycles. The number of ether oxygens (including phenoxy) is 1. The van der Waals surface area contributed by atoms with Gasteiger partial charge in [-0.2, -0.15) is 13.1 Å². The number of hydrogen-bond acceptors (Lipinski definition) is 5. The van der Waals surface area contributed by atoms with E-state index in [-0.39, 0.29) is 6.54 Å². The summed E-state index contributed by atoms with van der Waals surface area (Å²) in [5, 5.41) is 0. The smallest absolute Gasteiger partial charge is 0.421 e. The Kier molecular flexibility index (Phi) is 4.93. The highest BCUT2D eigenvalue weighted by Gasteiger charge is 2.13. The molecule has 0 aliphatic rings. The molecule has 7 nitrogen and oxygen atoms in total. The van der Waals surface area contributed by atoms with Gasteiger partial charge in [0, 0.05) is 12.2 Å². The van der Waals surface area contributed by atoms with Crippen molar-refractivity contribution in [3.63, 3.8) is 0 Å². The number of nitrogens with two attached hydrogens (primary N) is 1. The monoisotopic (exact) mass is 273 g/mol. The maximum absolute atomic E-state index is 11.3. The highest BCUT2D eigenvalue weighted by atomic mass is 32.2. The minimum atomic E-state index is -3.87. The molecule has 1 aromatic rings. The second-order valence-electron chi connectivity index (χ2n) is 3.48. The van der Waals surface area contributed by atoms with Crippen LogP contribution in [0.4, 0.5) is 10.5 Å². The molecule has 0 aromatic heterocycles. The van der Waals surface area contributed by atoms with E-state index in [1.807, 2.05) is 0 Å². The van der Waals surface area contributed by atoms with Gasteiger partial charge in [0.15, 0.2) is 0 Å². The number of benzene rings is 1. The predicted octanol–water partition coefficient (Wildman–Crippen LogP) is 0.00170. The van der Waals surface area contributed by atoms with Crippen molar-refractivity contribution < 1.29 is 17.9 Å². The SMILES string of the molecule is COC(=O)NS(=O)(=O)NCCc1ccc(N)cc1. The Labute approximate surface area is 106 Å². The lowest BCUT2D eigenvalue weighted by molar-refractivity contribution is 0.177. The van der Waals surface area contributed by atoms with Gasteiger partial charge in [0.05, 0.1) is 7.11 Å². The zero-order valence-corrected chi connectivity index (χ0v) is 10.7. The molecule has 1 amide bonds. The van der Waals surface area contributed by atoms with Gasteiger partial charge in [0.2, 0.25) is 0 Å². The van der Waals surface area contributed by atoms with E-state index in [1.54, 1.807) is 29.0 Å². The number of carbonyl (C=O) groups is 1. The van der Waals surface area contributed by atoms with Gasteiger partial charge in [-0.15, -0.1) is 0 Å². The molecule has 4 N–H and O–H groups in total. The third-order valence-electron chi connectivity index (χ3n) is 2.09. The van der Waals surface area contributed by atoms with Gasteiger partial charge >= 0.3 is 16.3 Å². The van der Waals surface area contributed by atoms with Gasteiger partial charge in [-0.05, 0) is 24.1 Å². The normalized spacial score (nSPS) is 10.9. The molecule has 0 atom stereocenters. The fraction of sp³-hybridized carbons (Fsp3) is 0.300. The van der Waals surface area contributed by atoms with Gasteiger partial charge in [-0.3, -0.25) is 0 Å². The number of anilines is 1. The molecule has 0 unspecified atom stereocenters. The van der Waals surface area contributed by atoms with Crippen LogP contribution in [0.1, 0.15) is 5.56 Å². The molecule has 8 heteroatoms. The Bertz CT molecular complexity index is 498. The minimum Gasteiger partial charge on any atom is -0.452 e. The average molecular weight is 273 g/mol. The van der Waals surface area contributed by atoms with Gasteiger partial charge in [0.1, 0.15) is 0 Å². The number of methoxy groups -OCH3 is 1. The Balaban J connectivity index is 2.41. The van der Waals surface area contributed by atoms with E-state index >= 15 is 0 Å². The second-order valence-corrected chi connectivity index (χ2v) is 4.98. The fourth-order valence-electron chi connectivity index (χ4n) is 1.20. The maximum Gasteiger partial charge on any atom is 0.421 e. The Hall–Kier alpha value is -1.80. The lowest BCUT2D eigenvalue weighted by Crippen LogP contribution is -2.40. The molecule has 0 aliphatic carbocycles. The van der Waals surface area contributed by atoms with Crippen LogP contribution in [0.3, 0.4) is 0 Å². The zero-order chi connectivity index (χ0) is 13.6. The molecule has 0 bridgehead atoms. The first-order valence-electron chi connectivity index (χ1n) is 5.13. The Morgan fingerprint density at radius 3 is 2.50 bits per heavy atom. The highest BCUT2D eigenvalue weighted by molar-refractivity contribution is 7.88. The first-order chi connectivity index (χ1) is 8.43. The van der Waals surface area contributed by atoms with Crippen LogP contribution in [0.15, 0.2) is 24.3 Å². The number of carbonyl (C=O) groups excluding carboxylic acids is 1. The van der Waals surface area contributed by atoms with Gasteiger partial charge < -0.3 is 10.5 Å². The predicted molar refractivity (Wildman–Crippen MR) is 67.0 cm³/mol. The third-order valence-corrected chi connectivity index (χ3v) is 3.11. The molecule has 100 valence electrons. The summed E-state index contributed by atoms with van der Waals surface area (Å²) < 4.78 is 30.7. The first-order valence-corrected chi connectivity index (χ1v) is 6.61. The van der Waals surface area contributed by atoms with E-state index in [0.29, 0.717) is 12.1 Å². The van der Waals surface area contributed by atoms with Crippen LogP contribution in [-0.4, -0.2) is 28.2 Å². The van der Waals surface area contributed by atoms with E-state index in [1.165, 1.54) is 0 Å². The van der Waals surface area contributed by atoms with E-state index < -0.39 is 16.3 Å². The van der Waals surface area contributed by atoms with Crippen LogP contribution >= 0.6 is 0 Å². The number of nitrogen functional groups attached to an aromatic ring is 1. The summed E-state index contributed by atoms with van der Waals surface area (Å²) in [6.07, 6.45) is -0.544. The summed E-state index contributed by atoms with van der Waals surface area (Å²) in [6, 6.07) is 7.07. The molecule has 0 heterocycles. The van der Waals surface area contributed by atoms with Crippen molar-refractivity contribution in [3.8, 4) is 0 Å². The van der Waals surface area contributed by atoms with E-state index in [2.05, 4.69) is 9.46 Å². The quantitative estimate of drug-likeness (QED) is 0.654. The number of rotatable bonds is 5. The molecule has 0 fully saturated rings. The van der Waals surface area contributed by atoms with Crippen LogP contribution in [0, 0.1) is 0 Å². The van der Waals surface area contributed by atoms with Crippen molar-refractivity contribution in [1.29, 1.82) is 0 Å². The standard InChI is InChI=1S/C10H15N3O4S/c1-17-10(14)13-18(15,16)12-7-6-8-2-4-9(11)5-3-8/h2-5,12H,6-7,11H2,1H3,(H,13,14). The minimum absolute atomic E-state index is 0.163. The molecule has 18 heavy (non-hydrogen) atoms. The maximum atomic E-state index is 11.3. The van der Waals surface area contributed by atoms with Crippen molar-refractivity contribution >= 4 is 22.0 Å². The zero-order valence-electron chi connectivity index (χ0n) is 9.84. The Morgan fingerprint density at radius 1 is 1.33 bits per heavy atom. The topological polar surface area (TPSA) is 111 Å². The van der Waals surface area contributed by atoms with Crippen LogP contribution in [-0.2, 0) is 21.4 Å². The van der Waals surface area contributed by atoms with Crippen molar-refractivity contribution in [2.75, 3.05) is 19.4 Å². The van der Waals surface area contributed by atoms with E-state index in [4.69, 9.17) is 5.73 Å². The summed E-state index contributed by atoms with van der Waals surface area (Å²) in [6.45, 7) is 0.163. The van der Waals surface area contributed by atoms with Crippen LogP contribution in [0.25, 0.3) is 0 Å². The molecule has 1 rings (SSSR count). The van der Waals surface area contributed by atoms with E-state index in [0.717, 1.165) is 12.7 Å². The van der Waals surface area contributed by atoms with Crippen molar-refractivity contribution in [2.24, 2.45) is 0 Å². The molecule has 0 spiro atoms. The van der Waals surface area contributed by atoms with E-state index in [9.17, 15) is 13.2 Å². The summed E-state index contributed by atoms with van der Waals surface area (Å²) in [4.78, 5) is 10.7. The summed E-state index contributed by atoms with van der Waals surface area (Å²) >= 11 is 0. The molecule has 1 aromatic carbocycles. The lowest BCUT2D eigenvalue weighted by Gasteiger charge is -2.07. The van der Waals surface area contributed by atoms with Crippen molar-refractivity contribution in [2.45, 2.75) is 6.42 Å². The largest absolute Gasteiger partial charge is 0.452 e. The molecule has 0 aliphatic heterocycles. The molecular formula is C10H15N3O4S. The summed E-state index contributed by atoms with van der Waals surface area (Å²) in [5.41, 5.74) is 7.10. The van der Waals surface area contributed by atoms with Crippen molar-refractivity contribution in [1.82, 2.24) is 9.44 Å². The van der Waals surface area contributed by atoms with Crippen LogP contribution in [0.2, 0.25) is 0 Å². The fourth-order valence-corrected chi connectivity index (χ4v) is 1.95. The number of amides is 1. The van der Waals surface area contributed by atoms with Crippen LogP contribution in [0.5, 0.6) is 0 Å².